The summed E-state index contributed by atoms with van der Waals surface area (Å²) in [4.78, 5) is 20.5. The van der Waals surface area contributed by atoms with Crippen LogP contribution in [0.3, 0.4) is 0 Å². The van der Waals surface area contributed by atoms with Crippen molar-refractivity contribution < 1.29 is 9.90 Å². The molecule has 0 bridgehead atoms. The minimum Gasteiger partial charge on any atom is -0.396 e. The van der Waals surface area contributed by atoms with E-state index in [0.29, 0.717) is 18.8 Å². The van der Waals surface area contributed by atoms with Gasteiger partial charge in [0.1, 0.15) is 5.69 Å². The number of aromatic nitrogens is 1. The van der Waals surface area contributed by atoms with Crippen molar-refractivity contribution >= 4 is 5.91 Å². The van der Waals surface area contributed by atoms with E-state index in [2.05, 4.69) is 9.88 Å². The number of likely N-dealkylation sites (tertiary alicyclic amines) is 1. The number of aryl methyl sites for hydroxylation is 1. The molecule has 5 nitrogen and oxygen atoms in total. The van der Waals surface area contributed by atoms with Crippen LogP contribution in [-0.2, 0) is 0 Å². The van der Waals surface area contributed by atoms with Gasteiger partial charge in [0.25, 0.3) is 5.91 Å². The highest BCUT2D eigenvalue weighted by atomic mass is 16.3. The Hall–Kier alpha value is -1.46. The van der Waals surface area contributed by atoms with Crippen molar-refractivity contribution in [3.05, 3.63) is 29.6 Å². The average Bonchev–Trinajstić information content (AvgIpc) is 2.83. The summed E-state index contributed by atoms with van der Waals surface area (Å²) in [5, 5.41) is 9.43. The predicted octanol–water partition coefficient (Wildman–Crippen LogP) is 0.385. The molecule has 19 heavy (non-hydrogen) atoms. The molecule has 1 aromatic heterocycles. The molecular weight excluding hydrogens is 242 g/mol. The van der Waals surface area contributed by atoms with Crippen molar-refractivity contribution in [3.8, 4) is 0 Å². The van der Waals surface area contributed by atoms with Crippen LogP contribution in [0.5, 0.6) is 0 Å². The Morgan fingerprint density at radius 1 is 1.53 bits per heavy atom. The van der Waals surface area contributed by atoms with E-state index in [1.54, 1.807) is 11.1 Å². The van der Waals surface area contributed by atoms with Crippen LogP contribution < -0.4 is 0 Å². The van der Waals surface area contributed by atoms with Crippen molar-refractivity contribution in [1.82, 2.24) is 14.8 Å². The van der Waals surface area contributed by atoms with Gasteiger partial charge in [-0.3, -0.25) is 9.78 Å². The number of nitrogens with zero attached hydrogens (tertiary/aromatic N) is 3. The molecule has 104 valence electrons. The first-order chi connectivity index (χ1) is 9.04. The van der Waals surface area contributed by atoms with Gasteiger partial charge >= 0.3 is 0 Å². The monoisotopic (exact) mass is 263 g/mol. The van der Waals surface area contributed by atoms with Crippen LogP contribution in [0.1, 0.15) is 16.1 Å². The molecule has 0 spiro atoms. The molecule has 0 radical (unpaired) electrons. The van der Waals surface area contributed by atoms with Crippen LogP contribution >= 0.6 is 0 Å². The fourth-order valence-electron chi connectivity index (χ4n) is 2.64. The third-order valence-electron chi connectivity index (χ3n) is 3.80. The molecular formula is C14H21N3O2. The SMILES string of the molecule is Cc1cccnc1C(=O)N1C[C@@H](CO)[C@H](N(C)C)C1. The van der Waals surface area contributed by atoms with Crippen LogP contribution in [0.25, 0.3) is 0 Å². The zero-order valence-corrected chi connectivity index (χ0v) is 11.7. The Labute approximate surface area is 113 Å². The second kappa shape index (κ2) is 5.67. The van der Waals surface area contributed by atoms with E-state index in [9.17, 15) is 9.90 Å². The lowest BCUT2D eigenvalue weighted by molar-refractivity contribution is 0.0772. The average molecular weight is 263 g/mol. The van der Waals surface area contributed by atoms with Crippen LogP contribution in [-0.4, -0.2) is 65.6 Å². The second-order valence-electron chi connectivity index (χ2n) is 5.35. The number of pyridine rings is 1. The lowest BCUT2D eigenvalue weighted by Gasteiger charge is -2.23. The van der Waals surface area contributed by atoms with Crippen LogP contribution in [0.4, 0.5) is 0 Å². The van der Waals surface area contributed by atoms with Crippen LogP contribution in [0.2, 0.25) is 0 Å². The number of likely N-dealkylation sites (N-methyl/N-ethyl adjacent to an activating group) is 1. The van der Waals surface area contributed by atoms with Gasteiger partial charge in [-0.2, -0.15) is 0 Å². The summed E-state index contributed by atoms with van der Waals surface area (Å²) < 4.78 is 0. The Bertz CT molecular complexity index is 462. The number of hydrogen-bond donors (Lipinski definition) is 1. The summed E-state index contributed by atoms with van der Waals surface area (Å²) in [5.74, 6) is 0.0730. The molecule has 1 fully saturated rings. The normalized spacial score (nSPS) is 23.1. The van der Waals surface area contributed by atoms with Crippen LogP contribution in [0, 0.1) is 12.8 Å². The molecule has 1 aliphatic rings. The van der Waals surface area contributed by atoms with E-state index in [0.717, 1.165) is 5.56 Å². The number of hydrogen-bond acceptors (Lipinski definition) is 4. The van der Waals surface area contributed by atoms with Crippen molar-refractivity contribution in [3.63, 3.8) is 0 Å². The van der Waals surface area contributed by atoms with Gasteiger partial charge < -0.3 is 14.9 Å². The standard InChI is InChI=1S/C14H21N3O2/c1-10-5-4-6-15-13(10)14(19)17-7-11(9-18)12(8-17)16(2)3/h4-6,11-12,18H,7-9H2,1-3H3/t11-,12+/m0/s1. The number of rotatable bonds is 3. The van der Waals surface area contributed by atoms with Gasteiger partial charge in [-0.1, -0.05) is 6.07 Å². The summed E-state index contributed by atoms with van der Waals surface area (Å²) in [6.45, 7) is 3.23. The highest BCUT2D eigenvalue weighted by Crippen LogP contribution is 2.22. The fraction of sp³-hybridized carbons (Fsp3) is 0.571. The first-order valence-electron chi connectivity index (χ1n) is 6.52. The molecule has 0 aliphatic carbocycles. The molecule has 2 rings (SSSR count). The fourth-order valence-corrected chi connectivity index (χ4v) is 2.64. The maximum Gasteiger partial charge on any atom is 0.272 e. The van der Waals surface area contributed by atoms with Crippen molar-refractivity contribution in [2.24, 2.45) is 5.92 Å². The summed E-state index contributed by atoms with van der Waals surface area (Å²) in [6.07, 6.45) is 1.64. The highest BCUT2D eigenvalue weighted by Gasteiger charge is 2.36. The minimum atomic E-state index is -0.0408. The molecule has 2 heterocycles. The Morgan fingerprint density at radius 2 is 2.26 bits per heavy atom. The Morgan fingerprint density at radius 3 is 2.79 bits per heavy atom. The van der Waals surface area contributed by atoms with Crippen LogP contribution in [0.15, 0.2) is 18.3 Å². The summed E-state index contributed by atoms with van der Waals surface area (Å²) in [7, 11) is 3.96. The van der Waals surface area contributed by atoms with E-state index in [1.807, 2.05) is 33.2 Å². The number of amides is 1. The molecule has 1 N–H and O–H groups in total. The van der Waals surface area contributed by atoms with E-state index >= 15 is 0 Å². The molecule has 0 unspecified atom stereocenters. The molecule has 0 saturated carbocycles. The van der Waals surface area contributed by atoms with E-state index in [-0.39, 0.29) is 24.5 Å². The maximum absolute atomic E-state index is 12.5. The summed E-state index contributed by atoms with van der Waals surface area (Å²) >= 11 is 0. The lowest BCUT2D eigenvalue weighted by Crippen LogP contribution is -2.37. The van der Waals surface area contributed by atoms with E-state index in [4.69, 9.17) is 0 Å². The number of carbonyl (C=O) groups is 1. The first kappa shape index (κ1) is 14.0. The first-order valence-corrected chi connectivity index (χ1v) is 6.52. The van der Waals surface area contributed by atoms with Gasteiger partial charge in [-0.15, -0.1) is 0 Å². The number of carbonyl (C=O) groups excluding carboxylic acids is 1. The highest BCUT2D eigenvalue weighted by molar-refractivity contribution is 5.93. The molecule has 1 amide bonds. The van der Waals surface area contributed by atoms with Crippen molar-refractivity contribution in [2.75, 3.05) is 33.8 Å². The Balaban J connectivity index is 2.16. The van der Waals surface area contributed by atoms with Gasteiger partial charge in [0.2, 0.25) is 0 Å². The lowest BCUT2D eigenvalue weighted by atomic mass is 10.0. The largest absolute Gasteiger partial charge is 0.396 e. The topological polar surface area (TPSA) is 56.7 Å². The zero-order chi connectivity index (χ0) is 14.0. The smallest absolute Gasteiger partial charge is 0.272 e. The van der Waals surface area contributed by atoms with Gasteiger partial charge in [0.15, 0.2) is 0 Å². The number of aliphatic hydroxyl groups excluding tert-OH is 1. The minimum absolute atomic E-state index is 0.0408. The quantitative estimate of drug-likeness (QED) is 0.857. The molecule has 1 saturated heterocycles. The zero-order valence-electron chi connectivity index (χ0n) is 11.7. The third kappa shape index (κ3) is 2.77. The van der Waals surface area contributed by atoms with Gasteiger partial charge in [0.05, 0.1) is 0 Å². The summed E-state index contributed by atoms with van der Waals surface area (Å²) in [6, 6.07) is 3.93. The molecule has 5 heteroatoms. The summed E-state index contributed by atoms with van der Waals surface area (Å²) in [5.41, 5.74) is 1.40. The van der Waals surface area contributed by atoms with E-state index < -0.39 is 0 Å². The molecule has 1 aromatic rings. The third-order valence-corrected chi connectivity index (χ3v) is 3.80. The van der Waals surface area contributed by atoms with Crippen molar-refractivity contribution in [1.29, 1.82) is 0 Å². The van der Waals surface area contributed by atoms with Gasteiger partial charge in [-0.05, 0) is 32.6 Å². The maximum atomic E-state index is 12.5. The molecule has 2 atom stereocenters. The molecule has 0 aromatic carbocycles. The Kier molecular flexibility index (Phi) is 4.17. The predicted molar refractivity (Wildman–Crippen MR) is 72.9 cm³/mol. The van der Waals surface area contributed by atoms with Gasteiger partial charge in [-0.25, -0.2) is 0 Å². The van der Waals surface area contributed by atoms with E-state index in [1.165, 1.54) is 0 Å². The van der Waals surface area contributed by atoms with Gasteiger partial charge in [0, 0.05) is 37.9 Å². The number of aliphatic hydroxyl groups is 1. The second-order valence-corrected chi connectivity index (χ2v) is 5.35. The molecule has 1 aliphatic heterocycles. The van der Waals surface area contributed by atoms with Crippen molar-refractivity contribution in [2.45, 2.75) is 13.0 Å².